The van der Waals surface area contributed by atoms with Gasteiger partial charge >= 0.3 is 0 Å². The number of aliphatic hydroxyl groups excluding tert-OH is 7. The second kappa shape index (κ2) is 32.1. The Morgan fingerprint density at radius 2 is 1.19 bits per heavy atom. The first-order chi connectivity index (χ1) is 43.1. The summed E-state index contributed by atoms with van der Waals surface area (Å²) in [6.45, 7) is 6.08. The van der Waals surface area contributed by atoms with Gasteiger partial charge in [-0.25, -0.2) is 0 Å². The predicted molar refractivity (Wildman–Crippen MR) is 331 cm³/mol. The fourth-order valence-corrected chi connectivity index (χ4v) is 11.0. The standard InChI is InChI=1S/C65H88N8O18/c1-8-9-10-28-90-47-25-21-42(22-26-47)40-13-11-39(12-14-40)41-15-17-44(18-16-41)58(82)66-48-33-50(78)63(91-31-30-89-29-27-73(5,6)7)70-62(86)54-55(79)36(2)34-72(54)65(88)52(38(4)75)68-61(85)53(57(81)56(80)43-19-23-45(76)24-20-43)69-60(84)49-32-46(77)35-71(49)64(87)51(37(3)74)67-59(48)83/h11-26,36-38,46,48-57,63,74-75,77-81H,8-10,27-35H2,1-7H3,(H5-,66,67,68,69,70,76,82,83,84,85,86)/p+1/t36-,37+,38+,46+,48-,49?,50+,51?,52?,53?,54?,55-,56-,57-,63?/m0/s1. The number of benzene rings is 4. The summed E-state index contributed by atoms with van der Waals surface area (Å²) in [5.41, 5.74) is 3.44. The Hall–Kier alpha value is -7.63. The highest BCUT2D eigenvalue weighted by Crippen LogP contribution is 2.30. The predicted octanol–water partition coefficient (Wildman–Crippen LogP) is -0.180. The Morgan fingerprint density at radius 3 is 1.76 bits per heavy atom. The summed E-state index contributed by atoms with van der Waals surface area (Å²) < 4.78 is 18.3. The normalized spacial score (nSPS) is 26.2. The van der Waals surface area contributed by atoms with E-state index in [1.165, 1.54) is 43.3 Å². The van der Waals surface area contributed by atoms with E-state index in [1.54, 1.807) is 12.1 Å². The maximum Gasteiger partial charge on any atom is 0.251 e. The van der Waals surface area contributed by atoms with Gasteiger partial charge < -0.3 is 95.9 Å². The molecular weight excluding hydrogens is 1180 g/mol. The van der Waals surface area contributed by atoms with E-state index in [2.05, 4.69) is 33.5 Å². The van der Waals surface area contributed by atoms with Gasteiger partial charge in [0.05, 0.1) is 72.0 Å². The first-order valence-electron chi connectivity index (χ1n) is 30.8. The molecule has 26 nitrogen and oxygen atoms in total. The van der Waals surface area contributed by atoms with Crippen molar-refractivity contribution in [3.05, 3.63) is 108 Å². The Labute approximate surface area is 529 Å². The molecule has 3 fully saturated rings. The molecule has 6 unspecified atom stereocenters. The maximum atomic E-state index is 14.9. The first-order valence-corrected chi connectivity index (χ1v) is 30.8. The van der Waals surface area contributed by atoms with E-state index < -0.39 is 152 Å². The van der Waals surface area contributed by atoms with Gasteiger partial charge in [-0.15, -0.1) is 0 Å². The van der Waals surface area contributed by atoms with Crippen molar-refractivity contribution < 1.29 is 93.1 Å². The Balaban J connectivity index is 1.23. The molecule has 7 amide bonds. The third kappa shape index (κ3) is 18.8. The SMILES string of the molecule is CCCCCOc1ccc(-c2ccc(-c3ccc(C(=O)N[C@H]4C[C@@H](O)C(OCCOCC[N+](C)(C)C)NC(=O)C5[C@@H](O)[C@@H](C)CN5C(=O)C([C@@H](C)O)NC(=O)C([C@H](O)[C@@H](O)c5ccc(O)cc5)NC(=O)C5C[C@@H](O)CN5C(=O)C([C@@H](C)O)NC4=O)cc3)cc2)cc1. The molecule has 13 N–H and O–H groups in total. The number of unbranched alkanes of at least 4 members (excludes halogenated alkanes) is 2. The molecule has 4 aromatic rings. The van der Waals surface area contributed by atoms with Crippen LogP contribution in [0.25, 0.3) is 22.3 Å². The number of nitrogens with one attached hydrogen (secondary N) is 5. The number of hydrogen-bond acceptors (Lipinski definition) is 18. The second-order valence-electron chi connectivity index (χ2n) is 24.8. The van der Waals surface area contributed by atoms with Gasteiger partial charge in [0.15, 0.2) is 6.23 Å². The number of hydrogen-bond donors (Lipinski definition) is 13. The highest BCUT2D eigenvalue weighted by Gasteiger charge is 2.50. The van der Waals surface area contributed by atoms with Crippen LogP contribution in [0.1, 0.15) is 81.8 Å². The van der Waals surface area contributed by atoms with Crippen LogP contribution in [0, 0.1) is 5.92 Å². The zero-order valence-electron chi connectivity index (χ0n) is 52.4. The van der Waals surface area contributed by atoms with Crippen LogP contribution >= 0.6 is 0 Å². The monoisotopic (exact) mass is 1270 g/mol. The molecule has 0 saturated carbocycles. The van der Waals surface area contributed by atoms with E-state index >= 15 is 0 Å². The van der Waals surface area contributed by atoms with Crippen molar-refractivity contribution in [2.75, 3.05) is 67.2 Å². The molecule has 4 aromatic carbocycles. The molecule has 3 aliphatic heterocycles. The number of nitrogens with zero attached hydrogens (tertiary/aromatic N) is 3. The summed E-state index contributed by atoms with van der Waals surface area (Å²) in [7, 11) is 5.86. The Morgan fingerprint density at radius 1 is 0.637 bits per heavy atom. The molecule has 0 spiro atoms. The molecule has 3 saturated heterocycles. The third-order valence-corrected chi connectivity index (χ3v) is 16.4. The summed E-state index contributed by atoms with van der Waals surface area (Å²) >= 11 is 0. The van der Waals surface area contributed by atoms with Crippen molar-refractivity contribution in [1.29, 1.82) is 0 Å². The molecule has 7 rings (SSSR count). The van der Waals surface area contributed by atoms with Gasteiger partial charge in [-0.3, -0.25) is 33.6 Å². The molecule has 3 aliphatic rings. The number of quaternary nitrogens is 1. The number of fused-ring (bicyclic) bond motifs is 2. The fourth-order valence-electron chi connectivity index (χ4n) is 11.0. The second-order valence-corrected chi connectivity index (χ2v) is 24.8. The molecule has 3 heterocycles. The van der Waals surface area contributed by atoms with Gasteiger partial charge in [-0.05, 0) is 84.5 Å². The van der Waals surface area contributed by atoms with E-state index in [9.17, 15) is 74.4 Å². The van der Waals surface area contributed by atoms with E-state index in [4.69, 9.17) is 14.2 Å². The van der Waals surface area contributed by atoms with Crippen molar-refractivity contribution in [3.63, 3.8) is 0 Å². The zero-order chi connectivity index (χ0) is 66.4. The fraction of sp³-hybridized carbons (Fsp3) is 0.523. The van der Waals surface area contributed by atoms with Crippen LogP contribution in [0.3, 0.4) is 0 Å². The molecule has 0 aromatic heterocycles. The van der Waals surface area contributed by atoms with Gasteiger partial charge in [-0.2, -0.15) is 0 Å². The lowest BCUT2D eigenvalue weighted by Gasteiger charge is -2.34. The highest BCUT2D eigenvalue weighted by atomic mass is 16.5. The maximum absolute atomic E-state index is 14.9. The lowest BCUT2D eigenvalue weighted by molar-refractivity contribution is -0.870. The topological polar surface area (TPSA) is 376 Å². The molecule has 91 heavy (non-hydrogen) atoms. The molecule has 496 valence electrons. The van der Waals surface area contributed by atoms with E-state index in [1.807, 2.05) is 69.7 Å². The number of carbonyl (C=O) groups is 7. The molecule has 0 radical (unpaired) electrons. The minimum atomic E-state index is -2.29. The minimum Gasteiger partial charge on any atom is -0.508 e. The quantitative estimate of drug-likeness (QED) is 0.0380. The zero-order valence-corrected chi connectivity index (χ0v) is 52.4. The van der Waals surface area contributed by atoms with Crippen molar-refractivity contribution >= 4 is 41.4 Å². The average Bonchev–Trinajstić information content (AvgIpc) is 1.94. The number of carbonyl (C=O) groups excluding carboxylic acids is 7. The largest absolute Gasteiger partial charge is 0.508 e. The van der Waals surface area contributed by atoms with Crippen LogP contribution in [0.2, 0.25) is 0 Å². The van der Waals surface area contributed by atoms with Crippen LogP contribution in [0.4, 0.5) is 0 Å². The van der Waals surface area contributed by atoms with Gasteiger partial charge in [0.1, 0.15) is 72.6 Å². The number of phenols is 1. The summed E-state index contributed by atoms with van der Waals surface area (Å²) in [5.74, 6) is -8.36. The Bertz CT molecular complexity index is 3090. The lowest BCUT2D eigenvalue weighted by Crippen LogP contribution is -2.64. The number of likely N-dealkylation sites (N-methyl/N-ethyl adjacent to an activating group) is 1. The number of ether oxygens (including phenoxy) is 3. The minimum absolute atomic E-state index is 0.0359. The Kier molecular flexibility index (Phi) is 25.0. The number of phenolic OH excluding ortho intramolecular Hbond substituents is 1. The summed E-state index contributed by atoms with van der Waals surface area (Å²) in [6, 6.07) is 15.1. The van der Waals surface area contributed by atoms with E-state index in [0.717, 1.165) is 70.9 Å². The summed E-state index contributed by atoms with van der Waals surface area (Å²) in [5, 5.41) is 103. The van der Waals surface area contributed by atoms with Gasteiger partial charge in [0, 0.05) is 37.4 Å². The summed E-state index contributed by atoms with van der Waals surface area (Å²) in [4.78, 5) is 104. The molecule has 15 atom stereocenters. The van der Waals surface area contributed by atoms with Gasteiger partial charge in [0.2, 0.25) is 35.4 Å². The molecule has 0 aliphatic carbocycles. The molecular formula is C65H89N8O18+. The number of amides is 7. The van der Waals surface area contributed by atoms with E-state index in [0.29, 0.717) is 17.6 Å². The van der Waals surface area contributed by atoms with Crippen LogP contribution in [0.5, 0.6) is 11.5 Å². The van der Waals surface area contributed by atoms with Crippen LogP contribution in [-0.4, -0.2) is 243 Å². The van der Waals surface area contributed by atoms with Crippen LogP contribution in [0.15, 0.2) is 97.1 Å². The van der Waals surface area contributed by atoms with Crippen molar-refractivity contribution in [2.45, 2.75) is 145 Å². The molecule has 26 heteroatoms. The highest BCUT2D eigenvalue weighted by molar-refractivity contribution is 6.00. The smallest absolute Gasteiger partial charge is 0.251 e. The molecule has 0 bridgehead atoms. The number of rotatable bonds is 21. The number of aromatic hydroxyl groups is 1. The number of aliphatic hydroxyl groups is 7. The van der Waals surface area contributed by atoms with Crippen molar-refractivity contribution in [1.82, 2.24) is 36.4 Å². The van der Waals surface area contributed by atoms with E-state index in [-0.39, 0.29) is 43.2 Å². The van der Waals surface area contributed by atoms with Crippen LogP contribution in [-0.2, 0) is 38.2 Å². The summed E-state index contributed by atoms with van der Waals surface area (Å²) in [6.07, 6.45) is -12.8. The van der Waals surface area contributed by atoms with Gasteiger partial charge in [0.25, 0.3) is 5.91 Å². The van der Waals surface area contributed by atoms with Crippen molar-refractivity contribution in [2.24, 2.45) is 5.92 Å². The van der Waals surface area contributed by atoms with Crippen molar-refractivity contribution in [3.8, 4) is 33.8 Å². The van der Waals surface area contributed by atoms with Gasteiger partial charge in [-0.1, -0.05) is 87.4 Å². The lowest BCUT2D eigenvalue weighted by atomic mass is 9.96. The first kappa shape index (κ1) is 70.8. The third-order valence-electron chi connectivity index (χ3n) is 16.4. The average molecular weight is 1270 g/mol. The van der Waals surface area contributed by atoms with Crippen LogP contribution < -0.4 is 31.3 Å².